The van der Waals surface area contributed by atoms with Crippen molar-refractivity contribution in [2.24, 2.45) is 5.92 Å². The number of carbonyl (C=O) groups excluding carboxylic acids is 2. The molecular weight excluding hydrogens is 332 g/mol. The lowest BCUT2D eigenvalue weighted by Crippen LogP contribution is -2.41. The fourth-order valence-corrected chi connectivity index (χ4v) is 3.22. The minimum atomic E-state index is -0.174. The van der Waals surface area contributed by atoms with Gasteiger partial charge < -0.3 is 19.7 Å². The summed E-state index contributed by atoms with van der Waals surface area (Å²) in [6.07, 6.45) is 7.10. The topological polar surface area (TPSA) is 67.9 Å². The Balaban J connectivity index is 1.47. The lowest BCUT2D eigenvalue weighted by atomic mass is 10.0. The molecule has 1 aromatic carbocycles. The van der Waals surface area contributed by atoms with Crippen molar-refractivity contribution in [3.63, 3.8) is 0 Å². The first-order valence-electron chi connectivity index (χ1n) is 9.17. The normalized spacial score (nSPS) is 19.8. The number of nitrogens with zero attached hydrogens (tertiary/aromatic N) is 1. The Morgan fingerprint density at radius 3 is 3.04 bits per heavy atom. The second-order valence-corrected chi connectivity index (χ2v) is 6.89. The maximum absolute atomic E-state index is 12.5. The summed E-state index contributed by atoms with van der Waals surface area (Å²) in [7, 11) is 1.79. The molecule has 2 amide bonds. The van der Waals surface area contributed by atoms with E-state index in [0.29, 0.717) is 19.4 Å². The number of ether oxygens (including phenoxy) is 2. The maximum atomic E-state index is 12.5. The van der Waals surface area contributed by atoms with E-state index in [-0.39, 0.29) is 24.0 Å². The third-order valence-electron chi connectivity index (χ3n) is 4.91. The Bertz CT molecular complexity index is 701. The smallest absolute Gasteiger partial charge is 0.228 e. The molecule has 0 saturated heterocycles. The van der Waals surface area contributed by atoms with Gasteiger partial charge in [0.1, 0.15) is 5.75 Å². The van der Waals surface area contributed by atoms with E-state index >= 15 is 0 Å². The highest BCUT2D eigenvalue weighted by atomic mass is 16.5. The fraction of sp³-hybridized carbons (Fsp3) is 0.500. The zero-order valence-electron chi connectivity index (χ0n) is 15.4. The zero-order chi connectivity index (χ0) is 18.5. The van der Waals surface area contributed by atoms with Gasteiger partial charge in [-0.2, -0.15) is 0 Å². The number of nitrogens with one attached hydrogen (secondary N) is 1. The number of hydrogen-bond donors (Lipinski definition) is 1. The highest BCUT2D eigenvalue weighted by Gasteiger charge is 2.25. The van der Waals surface area contributed by atoms with Crippen molar-refractivity contribution in [1.29, 1.82) is 0 Å². The van der Waals surface area contributed by atoms with Gasteiger partial charge in [0, 0.05) is 31.5 Å². The van der Waals surface area contributed by atoms with Gasteiger partial charge in [-0.15, -0.1) is 0 Å². The van der Waals surface area contributed by atoms with E-state index in [4.69, 9.17) is 9.47 Å². The first kappa shape index (κ1) is 18.3. The molecule has 1 N–H and O–H groups in total. The second kappa shape index (κ2) is 8.25. The van der Waals surface area contributed by atoms with Gasteiger partial charge >= 0.3 is 0 Å². The molecule has 0 fully saturated rings. The molecule has 0 bridgehead atoms. The Labute approximate surface area is 154 Å². The highest BCUT2D eigenvalue weighted by Crippen LogP contribution is 2.27. The van der Waals surface area contributed by atoms with Crippen LogP contribution in [0.3, 0.4) is 0 Å². The molecule has 140 valence electrons. The standard InChI is InChI=1S/C20H26N2O4/c1-14(20(24)22(2)19-5-3-4-11-26-19)10-12-25-16-7-8-17-15(13-16)6-9-18(23)21-17/h4,7-8,11,13-14,19H,3,5-6,9-10,12H2,1-2H3,(H,21,23). The zero-order valence-corrected chi connectivity index (χ0v) is 15.4. The van der Waals surface area contributed by atoms with E-state index in [0.717, 1.165) is 36.3 Å². The van der Waals surface area contributed by atoms with Crippen LogP contribution < -0.4 is 10.1 Å². The third kappa shape index (κ3) is 4.36. The van der Waals surface area contributed by atoms with Crippen molar-refractivity contribution in [3.05, 3.63) is 36.1 Å². The van der Waals surface area contributed by atoms with Crippen molar-refractivity contribution in [3.8, 4) is 5.75 Å². The number of benzene rings is 1. The van der Waals surface area contributed by atoms with Crippen LogP contribution in [0.15, 0.2) is 30.5 Å². The Morgan fingerprint density at radius 1 is 1.42 bits per heavy atom. The van der Waals surface area contributed by atoms with Crippen molar-refractivity contribution < 1.29 is 19.1 Å². The van der Waals surface area contributed by atoms with Crippen molar-refractivity contribution in [2.45, 2.75) is 45.3 Å². The van der Waals surface area contributed by atoms with Crippen LogP contribution in [0, 0.1) is 5.92 Å². The van der Waals surface area contributed by atoms with Gasteiger partial charge in [0.05, 0.1) is 12.9 Å². The van der Waals surface area contributed by atoms with E-state index in [1.165, 1.54) is 0 Å². The molecule has 2 aliphatic heterocycles. The average Bonchev–Trinajstić information content (AvgIpc) is 2.67. The number of aryl methyl sites for hydroxylation is 1. The maximum Gasteiger partial charge on any atom is 0.228 e. The number of rotatable bonds is 6. The number of allylic oxidation sites excluding steroid dienone is 1. The van der Waals surface area contributed by atoms with E-state index in [9.17, 15) is 9.59 Å². The van der Waals surface area contributed by atoms with Crippen molar-refractivity contribution in [2.75, 3.05) is 19.0 Å². The summed E-state index contributed by atoms with van der Waals surface area (Å²) in [5, 5.41) is 2.86. The number of hydrogen-bond acceptors (Lipinski definition) is 4. The molecule has 0 spiro atoms. The minimum Gasteiger partial charge on any atom is -0.494 e. The van der Waals surface area contributed by atoms with Crippen LogP contribution in [0.2, 0.25) is 0 Å². The number of fused-ring (bicyclic) bond motifs is 1. The van der Waals surface area contributed by atoms with E-state index in [1.807, 2.05) is 31.2 Å². The highest BCUT2D eigenvalue weighted by molar-refractivity contribution is 5.94. The van der Waals surface area contributed by atoms with Gasteiger partial charge in [-0.1, -0.05) is 6.92 Å². The van der Waals surface area contributed by atoms with Gasteiger partial charge in [-0.05, 0) is 49.1 Å². The molecule has 26 heavy (non-hydrogen) atoms. The second-order valence-electron chi connectivity index (χ2n) is 6.89. The molecule has 6 nitrogen and oxygen atoms in total. The van der Waals surface area contributed by atoms with Crippen LogP contribution in [0.25, 0.3) is 0 Å². The molecule has 0 saturated carbocycles. The van der Waals surface area contributed by atoms with Crippen LogP contribution in [0.5, 0.6) is 5.75 Å². The molecule has 0 radical (unpaired) electrons. The molecule has 2 aliphatic rings. The van der Waals surface area contributed by atoms with E-state index < -0.39 is 0 Å². The lowest BCUT2D eigenvalue weighted by Gasteiger charge is -2.31. The van der Waals surface area contributed by atoms with E-state index in [1.54, 1.807) is 18.2 Å². The summed E-state index contributed by atoms with van der Waals surface area (Å²) in [6.45, 7) is 2.39. The van der Waals surface area contributed by atoms with Crippen LogP contribution >= 0.6 is 0 Å². The fourth-order valence-electron chi connectivity index (χ4n) is 3.22. The number of amides is 2. The van der Waals surface area contributed by atoms with Crippen LogP contribution in [0.4, 0.5) is 5.69 Å². The summed E-state index contributed by atoms with van der Waals surface area (Å²) in [5.41, 5.74) is 1.95. The molecule has 2 unspecified atom stereocenters. The van der Waals surface area contributed by atoms with Crippen molar-refractivity contribution >= 4 is 17.5 Å². The molecule has 3 rings (SSSR count). The van der Waals surface area contributed by atoms with Crippen LogP contribution in [-0.2, 0) is 20.7 Å². The van der Waals surface area contributed by atoms with Gasteiger partial charge in [0.2, 0.25) is 11.8 Å². The first-order valence-corrected chi connectivity index (χ1v) is 9.17. The summed E-state index contributed by atoms with van der Waals surface area (Å²) in [6, 6.07) is 5.69. The van der Waals surface area contributed by atoms with Gasteiger partial charge in [0.15, 0.2) is 6.23 Å². The molecule has 0 aromatic heterocycles. The molecule has 6 heteroatoms. The summed E-state index contributed by atoms with van der Waals surface area (Å²) < 4.78 is 11.3. The number of carbonyl (C=O) groups is 2. The molecule has 2 heterocycles. The molecular formula is C20H26N2O4. The average molecular weight is 358 g/mol. The lowest BCUT2D eigenvalue weighted by molar-refractivity contribution is -0.144. The number of anilines is 1. The van der Waals surface area contributed by atoms with Crippen molar-refractivity contribution in [1.82, 2.24) is 4.90 Å². The minimum absolute atomic E-state index is 0.0556. The third-order valence-corrected chi connectivity index (χ3v) is 4.91. The van der Waals surface area contributed by atoms with E-state index in [2.05, 4.69) is 5.32 Å². The molecule has 2 atom stereocenters. The van der Waals surface area contributed by atoms with Gasteiger partial charge in [-0.3, -0.25) is 9.59 Å². The Kier molecular flexibility index (Phi) is 5.81. The largest absolute Gasteiger partial charge is 0.494 e. The molecule has 1 aromatic rings. The SMILES string of the molecule is CC(CCOc1ccc2c(c1)CCC(=O)N2)C(=O)N(C)C1CCC=CO1. The van der Waals surface area contributed by atoms with Gasteiger partial charge in [0.25, 0.3) is 0 Å². The predicted molar refractivity (Wildman–Crippen MR) is 98.7 cm³/mol. The monoisotopic (exact) mass is 358 g/mol. The summed E-state index contributed by atoms with van der Waals surface area (Å²) >= 11 is 0. The quantitative estimate of drug-likeness (QED) is 0.848. The molecule has 0 aliphatic carbocycles. The van der Waals surface area contributed by atoms with Crippen LogP contribution in [-0.4, -0.2) is 36.6 Å². The van der Waals surface area contributed by atoms with Crippen LogP contribution in [0.1, 0.15) is 38.2 Å². The summed E-state index contributed by atoms with van der Waals surface area (Å²) in [5.74, 6) is 0.766. The Morgan fingerprint density at radius 2 is 2.27 bits per heavy atom. The van der Waals surface area contributed by atoms with Gasteiger partial charge in [-0.25, -0.2) is 0 Å². The first-order chi connectivity index (χ1) is 12.5. The predicted octanol–water partition coefficient (Wildman–Crippen LogP) is 3.08. The Hall–Kier alpha value is -2.50. The summed E-state index contributed by atoms with van der Waals surface area (Å²) in [4.78, 5) is 25.6.